The first-order chi connectivity index (χ1) is 9.85. The van der Waals surface area contributed by atoms with E-state index in [2.05, 4.69) is 51.9 Å². The van der Waals surface area contributed by atoms with E-state index in [1.165, 1.54) is 16.3 Å². The van der Waals surface area contributed by atoms with Gasteiger partial charge < -0.3 is 9.73 Å². The van der Waals surface area contributed by atoms with E-state index in [1.54, 1.807) is 0 Å². The van der Waals surface area contributed by atoms with Crippen LogP contribution < -0.4 is 5.32 Å². The summed E-state index contributed by atoms with van der Waals surface area (Å²) in [4.78, 5) is 0. The zero-order chi connectivity index (χ0) is 13.8. The van der Waals surface area contributed by atoms with Gasteiger partial charge in [0.05, 0.1) is 6.42 Å². The quantitative estimate of drug-likeness (QED) is 0.772. The van der Waals surface area contributed by atoms with Crippen LogP contribution in [0.2, 0.25) is 0 Å². The Balaban J connectivity index is 1.76. The zero-order valence-corrected chi connectivity index (χ0v) is 11.5. The van der Waals surface area contributed by atoms with Crippen molar-refractivity contribution in [2.45, 2.75) is 12.8 Å². The third-order valence-electron chi connectivity index (χ3n) is 3.27. The molecule has 3 rings (SSSR count). The lowest BCUT2D eigenvalue weighted by molar-refractivity contribution is 0.454. The van der Waals surface area contributed by atoms with Gasteiger partial charge in [-0.1, -0.05) is 42.5 Å². The molecule has 3 aromatic rings. The zero-order valence-electron chi connectivity index (χ0n) is 11.5. The smallest absolute Gasteiger partial charge is 0.220 e. The number of hydrogen-bond acceptors (Lipinski definition) is 4. The fourth-order valence-corrected chi connectivity index (χ4v) is 2.22. The Kier molecular flexibility index (Phi) is 3.74. The van der Waals surface area contributed by atoms with Crippen LogP contribution in [0.4, 0.5) is 0 Å². The molecule has 4 heteroatoms. The number of hydrogen-bond donors (Lipinski definition) is 1. The van der Waals surface area contributed by atoms with E-state index in [9.17, 15) is 0 Å². The number of benzene rings is 2. The topological polar surface area (TPSA) is 51.0 Å². The van der Waals surface area contributed by atoms with Gasteiger partial charge in [-0.15, -0.1) is 10.2 Å². The third-order valence-corrected chi connectivity index (χ3v) is 3.27. The standard InChI is InChI=1S/C16H17N3O/c1-17-9-8-15-18-19-16(20-15)11-12-6-7-13-4-2-3-5-14(13)10-12/h2-7,10,17H,8-9,11H2,1H3. The van der Waals surface area contributed by atoms with Gasteiger partial charge >= 0.3 is 0 Å². The van der Waals surface area contributed by atoms with Crippen molar-refractivity contribution in [2.24, 2.45) is 0 Å². The van der Waals surface area contributed by atoms with E-state index in [-0.39, 0.29) is 0 Å². The van der Waals surface area contributed by atoms with Crippen LogP contribution in [0.1, 0.15) is 17.3 Å². The number of rotatable bonds is 5. The van der Waals surface area contributed by atoms with Crippen molar-refractivity contribution >= 4 is 10.8 Å². The highest BCUT2D eigenvalue weighted by molar-refractivity contribution is 5.83. The van der Waals surface area contributed by atoms with E-state index in [0.717, 1.165) is 13.0 Å². The van der Waals surface area contributed by atoms with Gasteiger partial charge in [-0.2, -0.15) is 0 Å². The molecule has 1 aromatic heterocycles. The summed E-state index contributed by atoms with van der Waals surface area (Å²) < 4.78 is 5.64. The molecule has 1 heterocycles. The summed E-state index contributed by atoms with van der Waals surface area (Å²) in [7, 11) is 1.91. The number of likely N-dealkylation sites (N-methyl/N-ethyl adjacent to an activating group) is 1. The van der Waals surface area contributed by atoms with Crippen LogP contribution in [0.5, 0.6) is 0 Å². The van der Waals surface area contributed by atoms with Crippen molar-refractivity contribution in [3.8, 4) is 0 Å². The molecule has 0 amide bonds. The van der Waals surface area contributed by atoms with Crippen molar-refractivity contribution in [2.75, 3.05) is 13.6 Å². The first-order valence-corrected chi connectivity index (χ1v) is 6.79. The predicted octanol–water partition coefficient (Wildman–Crippen LogP) is 2.58. The summed E-state index contributed by atoms with van der Waals surface area (Å²) in [5.74, 6) is 1.36. The van der Waals surface area contributed by atoms with Gasteiger partial charge in [-0.25, -0.2) is 0 Å². The van der Waals surface area contributed by atoms with Crippen LogP contribution in [-0.4, -0.2) is 23.8 Å². The maximum Gasteiger partial charge on any atom is 0.220 e. The molecule has 0 saturated heterocycles. The Labute approximate surface area is 117 Å². The van der Waals surface area contributed by atoms with E-state index < -0.39 is 0 Å². The highest BCUT2D eigenvalue weighted by Crippen LogP contribution is 2.17. The molecular formula is C16H17N3O. The number of nitrogens with one attached hydrogen (secondary N) is 1. The summed E-state index contributed by atoms with van der Waals surface area (Å²) in [6.45, 7) is 0.845. The van der Waals surface area contributed by atoms with E-state index >= 15 is 0 Å². The van der Waals surface area contributed by atoms with Crippen LogP contribution in [-0.2, 0) is 12.8 Å². The molecule has 0 spiro atoms. The summed E-state index contributed by atoms with van der Waals surface area (Å²) in [5, 5.41) is 13.7. The number of aromatic nitrogens is 2. The Morgan fingerprint density at radius 1 is 1.00 bits per heavy atom. The van der Waals surface area contributed by atoms with Gasteiger partial charge in [0, 0.05) is 13.0 Å². The summed E-state index contributed by atoms with van der Waals surface area (Å²) >= 11 is 0. The number of fused-ring (bicyclic) bond motifs is 1. The van der Waals surface area contributed by atoms with Crippen LogP contribution in [0.15, 0.2) is 46.9 Å². The minimum atomic E-state index is 0.673. The fourth-order valence-electron chi connectivity index (χ4n) is 2.22. The first-order valence-electron chi connectivity index (χ1n) is 6.79. The molecule has 0 bridgehead atoms. The van der Waals surface area contributed by atoms with Crippen LogP contribution >= 0.6 is 0 Å². The fraction of sp³-hybridized carbons (Fsp3) is 0.250. The summed E-state index contributed by atoms with van der Waals surface area (Å²) in [6.07, 6.45) is 1.44. The third kappa shape index (κ3) is 2.86. The highest BCUT2D eigenvalue weighted by Gasteiger charge is 2.07. The molecule has 1 N–H and O–H groups in total. The Morgan fingerprint density at radius 3 is 2.65 bits per heavy atom. The molecule has 0 aliphatic rings. The monoisotopic (exact) mass is 267 g/mol. The lowest BCUT2D eigenvalue weighted by atomic mass is 10.1. The largest absolute Gasteiger partial charge is 0.425 e. The average Bonchev–Trinajstić information content (AvgIpc) is 2.92. The van der Waals surface area contributed by atoms with Crippen LogP contribution in [0.3, 0.4) is 0 Å². The lowest BCUT2D eigenvalue weighted by Crippen LogP contribution is -2.10. The maximum absolute atomic E-state index is 5.64. The molecule has 2 aromatic carbocycles. The van der Waals surface area contributed by atoms with Gasteiger partial charge in [0.2, 0.25) is 11.8 Å². The van der Waals surface area contributed by atoms with Crippen molar-refractivity contribution in [3.63, 3.8) is 0 Å². The molecule has 0 fully saturated rings. The first kappa shape index (κ1) is 12.8. The van der Waals surface area contributed by atoms with Crippen molar-refractivity contribution < 1.29 is 4.42 Å². The second-order valence-corrected chi connectivity index (χ2v) is 4.80. The molecule has 0 unspecified atom stereocenters. The van der Waals surface area contributed by atoms with Crippen molar-refractivity contribution in [1.82, 2.24) is 15.5 Å². The van der Waals surface area contributed by atoms with E-state index in [1.807, 2.05) is 13.1 Å². The predicted molar refractivity (Wildman–Crippen MR) is 78.7 cm³/mol. The molecule has 4 nitrogen and oxygen atoms in total. The van der Waals surface area contributed by atoms with Crippen LogP contribution in [0, 0.1) is 0 Å². The van der Waals surface area contributed by atoms with Crippen LogP contribution in [0.25, 0.3) is 10.8 Å². The Bertz CT molecular complexity index is 706. The lowest BCUT2D eigenvalue weighted by Gasteiger charge is -2.01. The molecule has 0 atom stereocenters. The highest BCUT2D eigenvalue weighted by atomic mass is 16.4. The van der Waals surface area contributed by atoms with Gasteiger partial charge in [-0.05, 0) is 23.4 Å². The van der Waals surface area contributed by atoms with Gasteiger partial charge in [0.1, 0.15) is 0 Å². The summed E-state index contributed by atoms with van der Waals surface area (Å²) in [5.41, 5.74) is 1.19. The van der Waals surface area contributed by atoms with Gasteiger partial charge in [0.15, 0.2) is 0 Å². The second-order valence-electron chi connectivity index (χ2n) is 4.80. The normalized spacial score (nSPS) is 11.1. The minimum Gasteiger partial charge on any atom is -0.425 e. The molecule has 20 heavy (non-hydrogen) atoms. The Hall–Kier alpha value is -2.20. The molecule has 0 radical (unpaired) electrons. The summed E-state index contributed by atoms with van der Waals surface area (Å²) in [6, 6.07) is 14.7. The average molecular weight is 267 g/mol. The maximum atomic E-state index is 5.64. The molecule has 0 saturated carbocycles. The minimum absolute atomic E-state index is 0.673. The number of nitrogens with zero attached hydrogens (tertiary/aromatic N) is 2. The van der Waals surface area contributed by atoms with Crippen molar-refractivity contribution in [1.29, 1.82) is 0 Å². The molecular weight excluding hydrogens is 250 g/mol. The van der Waals surface area contributed by atoms with Gasteiger partial charge in [-0.3, -0.25) is 0 Å². The van der Waals surface area contributed by atoms with Crippen molar-refractivity contribution in [3.05, 3.63) is 59.8 Å². The van der Waals surface area contributed by atoms with Gasteiger partial charge in [0.25, 0.3) is 0 Å². The van der Waals surface area contributed by atoms with E-state index in [4.69, 9.17) is 4.42 Å². The molecule has 0 aliphatic carbocycles. The molecule has 0 aliphatic heterocycles. The SMILES string of the molecule is CNCCc1nnc(Cc2ccc3ccccc3c2)o1. The Morgan fingerprint density at radius 2 is 1.80 bits per heavy atom. The molecule has 102 valence electrons. The van der Waals surface area contributed by atoms with E-state index in [0.29, 0.717) is 18.2 Å². The second kappa shape index (κ2) is 5.84.